The highest BCUT2D eigenvalue weighted by molar-refractivity contribution is 9.10. The molecule has 0 spiro atoms. The molecule has 0 fully saturated rings. The number of sulfonamides is 1. The van der Waals surface area contributed by atoms with Gasteiger partial charge in [-0.25, -0.2) is 13.8 Å². The summed E-state index contributed by atoms with van der Waals surface area (Å²) in [5.74, 6) is -0.549. The lowest BCUT2D eigenvalue weighted by molar-refractivity contribution is -0.119. The highest BCUT2D eigenvalue weighted by Gasteiger charge is 2.28. The van der Waals surface area contributed by atoms with E-state index >= 15 is 0 Å². The van der Waals surface area contributed by atoms with Crippen LogP contribution in [0.1, 0.15) is 23.6 Å². The van der Waals surface area contributed by atoms with E-state index in [1.54, 1.807) is 36.4 Å². The number of hydrazone groups is 1. The summed E-state index contributed by atoms with van der Waals surface area (Å²) in [7, 11) is -0.0933. The van der Waals surface area contributed by atoms with Gasteiger partial charge in [0.2, 0.25) is 0 Å². The first-order valence-corrected chi connectivity index (χ1v) is 13.3. The number of aryl methyl sites for hydroxylation is 2. The summed E-state index contributed by atoms with van der Waals surface area (Å²) in [6, 6.07) is 19.5. The summed E-state index contributed by atoms with van der Waals surface area (Å²) in [6.45, 7) is 3.42. The number of nitrogens with one attached hydrogen (secondary N) is 1. The number of para-hydroxylation sites is 1. The molecule has 0 unspecified atom stereocenters. The molecular weight excluding hydrogens is 528 g/mol. The van der Waals surface area contributed by atoms with E-state index in [1.165, 1.54) is 6.21 Å². The topological polar surface area (TPSA) is 82.1 Å². The van der Waals surface area contributed by atoms with Gasteiger partial charge in [0.05, 0.1) is 22.5 Å². The van der Waals surface area contributed by atoms with E-state index in [0.29, 0.717) is 12.1 Å². The molecule has 0 saturated heterocycles. The second-order valence-electron chi connectivity index (χ2n) is 8.21. The number of anilines is 2. The van der Waals surface area contributed by atoms with Crippen molar-refractivity contribution in [1.29, 1.82) is 0 Å². The Morgan fingerprint density at radius 3 is 2.34 bits per heavy atom. The van der Waals surface area contributed by atoms with Crippen LogP contribution in [0, 0.1) is 6.92 Å². The minimum atomic E-state index is -3.98. The molecule has 3 aromatic rings. The third-order valence-electron chi connectivity index (χ3n) is 5.39. The van der Waals surface area contributed by atoms with Crippen molar-refractivity contribution in [1.82, 2.24) is 5.43 Å². The Kier molecular flexibility index (Phi) is 8.69. The number of halogens is 1. The number of nitrogens with zero attached hydrogens (tertiary/aromatic N) is 3. The molecule has 0 radical (unpaired) electrons. The van der Waals surface area contributed by atoms with Crippen LogP contribution in [-0.4, -0.2) is 41.2 Å². The normalized spacial score (nSPS) is 11.5. The van der Waals surface area contributed by atoms with Crippen molar-refractivity contribution in [2.45, 2.75) is 25.2 Å². The zero-order valence-corrected chi connectivity index (χ0v) is 22.6. The fourth-order valence-corrected chi connectivity index (χ4v) is 5.71. The van der Waals surface area contributed by atoms with Gasteiger partial charge in [0, 0.05) is 18.6 Å². The predicted molar refractivity (Wildman–Crippen MR) is 146 cm³/mol. The number of benzene rings is 3. The minimum Gasteiger partial charge on any atom is -0.377 e. The van der Waals surface area contributed by atoms with E-state index in [4.69, 9.17) is 0 Å². The highest BCUT2D eigenvalue weighted by atomic mass is 79.9. The Morgan fingerprint density at radius 1 is 1.03 bits per heavy atom. The standard InChI is InChI=1S/C26H29BrN4O3S/c1-5-21-8-6-7-9-24(21)31(35(33,34)22-13-10-19(2)11-14-22)18-26(32)29-28-17-20-12-15-25(30(3)4)23(27)16-20/h6-17H,5,18H2,1-4H3,(H,29,32)/b28-17-. The smallest absolute Gasteiger partial charge is 0.264 e. The fourth-order valence-electron chi connectivity index (χ4n) is 3.50. The Hall–Kier alpha value is -3.17. The largest absolute Gasteiger partial charge is 0.377 e. The second-order valence-corrected chi connectivity index (χ2v) is 10.9. The number of carbonyl (C=O) groups is 1. The van der Waals surface area contributed by atoms with Gasteiger partial charge in [-0.05, 0) is 70.7 Å². The van der Waals surface area contributed by atoms with Crippen molar-refractivity contribution in [3.63, 3.8) is 0 Å². The van der Waals surface area contributed by atoms with E-state index in [-0.39, 0.29) is 4.90 Å². The number of carbonyl (C=O) groups excluding carboxylic acids is 1. The quantitative estimate of drug-likeness (QED) is 0.305. The molecule has 7 nitrogen and oxygen atoms in total. The van der Waals surface area contributed by atoms with Gasteiger partial charge < -0.3 is 4.90 Å². The summed E-state index contributed by atoms with van der Waals surface area (Å²) in [5.41, 5.74) is 6.49. The van der Waals surface area contributed by atoms with Crippen LogP contribution >= 0.6 is 15.9 Å². The van der Waals surface area contributed by atoms with Crippen LogP contribution in [0.4, 0.5) is 11.4 Å². The zero-order valence-electron chi connectivity index (χ0n) is 20.2. The summed E-state index contributed by atoms with van der Waals surface area (Å²) in [5, 5.41) is 4.03. The first-order valence-electron chi connectivity index (χ1n) is 11.1. The summed E-state index contributed by atoms with van der Waals surface area (Å²) in [4.78, 5) is 14.9. The highest BCUT2D eigenvalue weighted by Crippen LogP contribution is 2.28. The molecule has 1 amide bonds. The van der Waals surface area contributed by atoms with Gasteiger partial charge in [0.1, 0.15) is 6.54 Å². The van der Waals surface area contributed by atoms with Crippen LogP contribution in [-0.2, 0) is 21.2 Å². The van der Waals surface area contributed by atoms with Gasteiger partial charge in [-0.3, -0.25) is 9.10 Å². The molecule has 184 valence electrons. The maximum absolute atomic E-state index is 13.6. The molecule has 3 aromatic carbocycles. The van der Waals surface area contributed by atoms with Crippen molar-refractivity contribution in [2.75, 3.05) is 29.8 Å². The summed E-state index contributed by atoms with van der Waals surface area (Å²) in [6.07, 6.45) is 2.13. The van der Waals surface area contributed by atoms with E-state index in [0.717, 1.165) is 31.2 Å². The lowest BCUT2D eigenvalue weighted by Crippen LogP contribution is -2.40. The first-order chi connectivity index (χ1) is 16.6. The Labute approximate surface area is 215 Å². The van der Waals surface area contributed by atoms with E-state index in [9.17, 15) is 13.2 Å². The number of hydrogen-bond donors (Lipinski definition) is 1. The number of rotatable bonds is 9. The van der Waals surface area contributed by atoms with Crippen molar-refractivity contribution in [2.24, 2.45) is 5.10 Å². The maximum atomic E-state index is 13.6. The molecule has 0 bridgehead atoms. The van der Waals surface area contributed by atoms with Gasteiger partial charge in [-0.1, -0.05) is 48.9 Å². The Bertz CT molecular complexity index is 1320. The SMILES string of the molecule is CCc1ccccc1N(CC(=O)N/N=C\c1ccc(N(C)C)c(Br)c1)S(=O)(=O)c1ccc(C)cc1. The molecule has 0 aliphatic heterocycles. The van der Waals surface area contributed by atoms with E-state index in [2.05, 4.69) is 26.5 Å². The molecule has 0 heterocycles. The van der Waals surface area contributed by atoms with Crippen LogP contribution in [0.3, 0.4) is 0 Å². The molecule has 0 aromatic heterocycles. The third-order valence-corrected chi connectivity index (χ3v) is 7.80. The second kappa shape index (κ2) is 11.5. The minimum absolute atomic E-state index is 0.121. The maximum Gasteiger partial charge on any atom is 0.264 e. The number of amides is 1. The molecule has 0 aliphatic carbocycles. The van der Waals surface area contributed by atoms with Crippen LogP contribution in [0.5, 0.6) is 0 Å². The van der Waals surface area contributed by atoms with E-state index < -0.39 is 22.5 Å². The molecular formula is C26H29BrN4O3S. The van der Waals surface area contributed by atoms with E-state index in [1.807, 2.05) is 63.2 Å². The van der Waals surface area contributed by atoms with Gasteiger partial charge in [-0.15, -0.1) is 0 Å². The lowest BCUT2D eigenvalue weighted by atomic mass is 10.1. The molecule has 0 atom stereocenters. The predicted octanol–water partition coefficient (Wildman–Crippen LogP) is 4.73. The van der Waals surface area contributed by atoms with Gasteiger partial charge in [-0.2, -0.15) is 5.10 Å². The molecule has 9 heteroatoms. The monoisotopic (exact) mass is 556 g/mol. The van der Waals surface area contributed by atoms with Crippen molar-refractivity contribution in [3.8, 4) is 0 Å². The third kappa shape index (κ3) is 6.49. The van der Waals surface area contributed by atoms with Gasteiger partial charge in [0.15, 0.2) is 0 Å². The molecule has 1 N–H and O–H groups in total. The first kappa shape index (κ1) is 26.4. The Balaban J connectivity index is 1.85. The molecule has 0 saturated carbocycles. The Morgan fingerprint density at radius 2 is 1.71 bits per heavy atom. The summed E-state index contributed by atoms with van der Waals surface area (Å²) < 4.78 is 29.2. The van der Waals surface area contributed by atoms with Crippen molar-refractivity contribution >= 4 is 49.4 Å². The molecule has 35 heavy (non-hydrogen) atoms. The zero-order chi connectivity index (χ0) is 25.6. The van der Waals surface area contributed by atoms with Crippen LogP contribution in [0.25, 0.3) is 0 Å². The lowest BCUT2D eigenvalue weighted by Gasteiger charge is -2.25. The van der Waals surface area contributed by atoms with Crippen LogP contribution in [0.2, 0.25) is 0 Å². The van der Waals surface area contributed by atoms with Crippen molar-refractivity contribution in [3.05, 3.63) is 87.9 Å². The fraction of sp³-hybridized carbons (Fsp3) is 0.231. The van der Waals surface area contributed by atoms with Crippen LogP contribution < -0.4 is 14.6 Å². The van der Waals surface area contributed by atoms with Gasteiger partial charge in [0.25, 0.3) is 15.9 Å². The molecule has 0 aliphatic rings. The average molecular weight is 558 g/mol. The number of hydrogen-bond acceptors (Lipinski definition) is 5. The average Bonchev–Trinajstić information content (AvgIpc) is 2.82. The van der Waals surface area contributed by atoms with Crippen LogP contribution in [0.15, 0.2) is 81.2 Å². The summed E-state index contributed by atoms with van der Waals surface area (Å²) >= 11 is 3.53. The van der Waals surface area contributed by atoms with Gasteiger partial charge >= 0.3 is 0 Å². The van der Waals surface area contributed by atoms with Crippen molar-refractivity contribution < 1.29 is 13.2 Å². The molecule has 3 rings (SSSR count).